The summed E-state index contributed by atoms with van der Waals surface area (Å²) in [6.45, 7) is 0. The average molecular weight is 439 g/mol. The van der Waals surface area contributed by atoms with Crippen LogP contribution in [0.2, 0.25) is 0 Å². The number of rotatable bonds is 10. The van der Waals surface area contributed by atoms with E-state index in [4.69, 9.17) is 10.8 Å². The van der Waals surface area contributed by atoms with Crippen LogP contribution in [0.4, 0.5) is 0 Å². The molecule has 162 valence electrons. The second-order valence-electron chi connectivity index (χ2n) is 7.49. The fourth-order valence-electron chi connectivity index (χ4n) is 3.38. The number of thiophene rings is 1. The Morgan fingerprint density at radius 2 is 1.87 bits per heavy atom. The van der Waals surface area contributed by atoms with Gasteiger partial charge in [-0.1, -0.05) is 42.5 Å². The molecular formula is C24H26N2O4S. The molecule has 6 nitrogen and oxygen atoms in total. The van der Waals surface area contributed by atoms with Crippen molar-refractivity contribution in [1.29, 1.82) is 0 Å². The normalized spacial score (nSPS) is 14.0. The maximum absolute atomic E-state index is 12.1. The first kappa shape index (κ1) is 22.5. The van der Waals surface area contributed by atoms with Gasteiger partial charge >= 0.3 is 5.97 Å². The number of nitrogens with two attached hydrogens (primary N) is 1. The molecule has 0 aliphatic heterocycles. The Hall–Kier alpha value is -3.19. The van der Waals surface area contributed by atoms with Crippen LogP contribution in [0.1, 0.15) is 43.2 Å². The van der Waals surface area contributed by atoms with E-state index in [-0.39, 0.29) is 25.2 Å². The predicted molar refractivity (Wildman–Crippen MR) is 122 cm³/mol. The molecule has 1 aromatic carbocycles. The van der Waals surface area contributed by atoms with Crippen LogP contribution in [0.3, 0.4) is 0 Å². The molecule has 1 aromatic heterocycles. The topological polar surface area (TPSA) is 109 Å². The van der Waals surface area contributed by atoms with Gasteiger partial charge in [0.1, 0.15) is 6.04 Å². The Morgan fingerprint density at radius 1 is 1.10 bits per heavy atom. The van der Waals surface area contributed by atoms with Crippen molar-refractivity contribution in [1.82, 2.24) is 5.32 Å². The third-order valence-corrected chi connectivity index (χ3v) is 6.11. The molecule has 1 unspecified atom stereocenters. The molecule has 0 fully saturated rings. The molecule has 1 aliphatic rings. The Balaban J connectivity index is 1.53. The number of nitrogens with one attached hydrogen (secondary N) is 1. The van der Waals surface area contributed by atoms with Crippen molar-refractivity contribution < 1.29 is 19.5 Å². The van der Waals surface area contributed by atoms with Crippen LogP contribution >= 0.6 is 11.3 Å². The highest BCUT2D eigenvalue weighted by Crippen LogP contribution is 2.32. The van der Waals surface area contributed by atoms with Crippen molar-refractivity contribution in [3.8, 4) is 10.4 Å². The highest BCUT2D eigenvalue weighted by Gasteiger charge is 2.19. The largest absolute Gasteiger partial charge is 0.481 e. The number of benzene rings is 1. The van der Waals surface area contributed by atoms with Crippen LogP contribution in [-0.2, 0) is 20.8 Å². The Morgan fingerprint density at radius 3 is 2.52 bits per heavy atom. The van der Waals surface area contributed by atoms with Crippen LogP contribution in [0, 0.1) is 0 Å². The molecule has 1 atom stereocenters. The van der Waals surface area contributed by atoms with Crippen molar-refractivity contribution in [3.63, 3.8) is 0 Å². The molecule has 3 rings (SSSR count). The first-order valence-corrected chi connectivity index (χ1v) is 11.2. The van der Waals surface area contributed by atoms with Gasteiger partial charge in [0.2, 0.25) is 11.8 Å². The monoisotopic (exact) mass is 438 g/mol. The standard InChI is InChI=1S/C24H26N2O4S/c25-24(30)20(11-13-23(28)29)26-22(27)12-8-16-6-9-18(10-7-16)21-14-19(15-31-21)17-4-2-1-3-5-17/h2,4-7,9-10,14-15,20H,1,3,8,11-13H2,(H2,25,30)(H,26,27)(H,28,29). The number of carboxylic acids is 1. The quantitative estimate of drug-likeness (QED) is 0.522. The zero-order valence-electron chi connectivity index (χ0n) is 17.2. The lowest BCUT2D eigenvalue weighted by Gasteiger charge is -2.14. The second kappa shape index (κ2) is 10.7. The van der Waals surface area contributed by atoms with Crippen molar-refractivity contribution in [2.24, 2.45) is 5.73 Å². The third kappa shape index (κ3) is 6.65. The third-order valence-electron chi connectivity index (χ3n) is 5.13. The number of hydrogen-bond acceptors (Lipinski definition) is 4. The van der Waals surface area contributed by atoms with Crippen LogP contribution < -0.4 is 11.1 Å². The highest BCUT2D eigenvalue weighted by molar-refractivity contribution is 7.13. The lowest BCUT2D eigenvalue weighted by atomic mass is 10.0. The molecular weight excluding hydrogens is 412 g/mol. The van der Waals surface area contributed by atoms with E-state index < -0.39 is 17.9 Å². The summed E-state index contributed by atoms with van der Waals surface area (Å²) in [5, 5.41) is 13.4. The summed E-state index contributed by atoms with van der Waals surface area (Å²) < 4.78 is 0. The fraction of sp³-hybridized carbons (Fsp3) is 0.292. The molecule has 0 spiro atoms. The minimum Gasteiger partial charge on any atom is -0.481 e. The van der Waals surface area contributed by atoms with E-state index in [1.807, 2.05) is 24.3 Å². The molecule has 0 saturated carbocycles. The fourth-order valence-corrected chi connectivity index (χ4v) is 4.31. The molecule has 0 bridgehead atoms. The van der Waals surface area contributed by atoms with Gasteiger partial charge in [0.05, 0.1) is 0 Å². The number of carbonyl (C=O) groups excluding carboxylic acids is 2. The summed E-state index contributed by atoms with van der Waals surface area (Å²) >= 11 is 1.71. The molecule has 1 aliphatic carbocycles. The smallest absolute Gasteiger partial charge is 0.303 e. The number of hydrogen-bond donors (Lipinski definition) is 3. The molecule has 0 radical (unpaired) electrons. The molecule has 7 heteroatoms. The number of carboxylic acid groups (broad SMARTS) is 1. The van der Waals surface area contributed by atoms with Gasteiger partial charge < -0.3 is 16.2 Å². The molecule has 1 heterocycles. The molecule has 2 amide bonds. The Kier molecular flexibility index (Phi) is 7.78. The van der Waals surface area contributed by atoms with Gasteiger partial charge in [0.15, 0.2) is 0 Å². The van der Waals surface area contributed by atoms with Gasteiger partial charge in [-0.25, -0.2) is 0 Å². The van der Waals surface area contributed by atoms with Crippen LogP contribution in [-0.4, -0.2) is 28.9 Å². The lowest BCUT2D eigenvalue weighted by Crippen LogP contribution is -2.44. The zero-order chi connectivity index (χ0) is 22.2. The number of amides is 2. The van der Waals surface area contributed by atoms with Crippen LogP contribution in [0.5, 0.6) is 0 Å². The summed E-state index contributed by atoms with van der Waals surface area (Å²) in [6.07, 6.45) is 9.30. The molecule has 31 heavy (non-hydrogen) atoms. The molecule has 0 saturated heterocycles. The van der Waals surface area contributed by atoms with Crippen LogP contribution in [0.25, 0.3) is 16.0 Å². The van der Waals surface area contributed by atoms with Crippen molar-refractivity contribution >= 4 is 34.7 Å². The van der Waals surface area contributed by atoms with Gasteiger partial charge in [-0.15, -0.1) is 11.3 Å². The van der Waals surface area contributed by atoms with Crippen molar-refractivity contribution in [3.05, 3.63) is 65.1 Å². The SMILES string of the molecule is NC(=O)C(CCC(=O)O)NC(=O)CCc1ccc(-c2cc(C3=CCCC=C3)cs2)cc1. The number of allylic oxidation sites excluding steroid dienone is 4. The number of primary amides is 1. The van der Waals surface area contributed by atoms with Gasteiger partial charge in [0, 0.05) is 17.7 Å². The lowest BCUT2D eigenvalue weighted by molar-refractivity contribution is -0.137. The number of aryl methyl sites for hydroxylation is 1. The minimum atomic E-state index is -1.04. The summed E-state index contributed by atoms with van der Waals surface area (Å²) in [5.41, 5.74) is 9.90. The second-order valence-corrected chi connectivity index (χ2v) is 8.40. The Labute approximate surface area is 185 Å². The molecule has 4 N–H and O–H groups in total. The van der Waals surface area contributed by atoms with Gasteiger partial charge in [-0.2, -0.15) is 0 Å². The minimum absolute atomic E-state index is 0.0133. The maximum Gasteiger partial charge on any atom is 0.303 e. The highest BCUT2D eigenvalue weighted by atomic mass is 32.1. The van der Waals surface area contributed by atoms with E-state index in [1.54, 1.807) is 11.3 Å². The van der Waals surface area contributed by atoms with Crippen molar-refractivity contribution in [2.45, 2.75) is 44.6 Å². The Bertz CT molecular complexity index is 1000. The summed E-state index contributed by atoms with van der Waals surface area (Å²) in [7, 11) is 0. The van der Waals surface area contributed by atoms with E-state index in [0.29, 0.717) is 6.42 Å². The van der Waals surface area contributed by atoms with E-state index in [0.717, 1.165) is 24.0 Å². The first-order chi connectivity index (χ1) is 14.9. The van der Waals surface area contributed by atoms with Gasteiger partial charge in [0.25, 0.3) is 0 Å². The summed E-state index contributed by atoms with van der Waals surface area (Å²) in [4.78, 5) is 35.4. The first-order valence-electron chi connectivity index (χ1n) is 10.3. The number of aliphatic carboxylic acids is 1. The van der Waals surface area contributed by atoms with Gasteiger partial charge in [-0.3, -0.25) is 14.4 Å². The van der Waals surface area contributed by atoms with E-state index >= 15 is 0 Å². The summed E-state index contributed by atoms with van der Waals surface area (Å²) in [5.74, 6) is -2.09. The molecule has 2 aromatic rings. The van der Waals surface area contributed by atoms with E-state index in [9.17, 15) is 14.4 Å². The predicted octanol–water partition coefficient (Wildman–Crippen LogP) is 3.92. The van der Waals surface area contributed by atoms with Crippen molar-refractivity contribution in [2.75, 3.05) is 0 Å². The number of carbonyl (C=O) groups is 3. The summed E-state index contributed by atoms with van der Waals surface area (Å²) in [6, 6.07) is 9.33. The van der Waals surface area contributed by atoms with E-state index in [1.165, 1.54) is 16.0 Å². The van der Waals surface area contributed by atoms with Crippen LogP contribution in [0.15, 0.2) is 53.9 Å². The average Bonchev–Trinajstić information content (AvgIpc) is 3.26. The van der Waals surface area contributed by atoms with Gasteiger partial charge in [-0.05, 0) is 59.4 Å². The van der Waals surface area contributed by atoms with E-state index in [2.05, 4.69) is 35.0 Å². The maximum atomic E-state index is 12.1. The zero-order valence-corrected chi connectivity index (χ0v) is 18.0.